The third-order valence-electron chi connectivity index (χ3n) is 3.67. The van der Waals surface area contributed by atoms with Gasteiger partial charge >= 0.3 is 0 Å². The second-order valence-corrected chi connectivity index (χ2v) is 5.32. The molecule has 0 aliphatic rings. The highest BCUT2D eigenvalue weighted by atomic mass is 16.5. The predicted molar refractivity (Wildman–Crippen MR) is 81.4 cm³/mol. The van der Waals surface area contributed by atoms with E-state index in [1.807, 2.05) is 32.0 Å². The molecule has 5 heteroatoms. The van der Waals surface area contributed by atoms with Gasteiger partial charge in [-0.1, -0.05) is 25.1 Å². The third-order valence-corrected chi connectivity index (χ3v) is 3.67. The van der Waals surface area contributed by atoms with E-state index >= 15 is 0 Å². The van der Waals surface area contributed by atoms with Crippen LogP contribution in [0.3, 0.4) is 0 Å². The van der Waals surface area contributed by atoms with Crippen LogP contribution in [0.5, 0.6) is 5.75 Å². The summed E-state index contributed by atoms with van der Waals surface area (Å²) < 4.78 is 5.67. The molecule has 0 atom stereocenters. The van der Waals surface area contributed by atoms with E-state index in [1.54, 1.807) is 6.92 Å². The van der Waals surface area contributed by atoms with Crippen LogP contribution in [0.2, 0.25) is 0 Å². The Morgan fingerprint density at radius 3 is 2.29 bits per heavy atom. The zero-order valence-electron chi connectivity index (χ0n) is 13.0. The van der Waals surface area contributed by atoms with Crippen LogP contribution in [0.25, 0.3) is 0 Å². The maximum Gasteiger partial charge on any atom is 0.224 e. The van der Waals surface area contributed by atoms with Crippen LogP contribution in [-0.4, -0.2) is 41.5 Å². The summed E-state index contributed by atoms with van der Waals surface area (Å²) >= 11 is 0. The first-order valence-corrected chi connectivity index (χ1v) is 7.19. The van der Waals surface area contributed by atoms with Crippen LogP contribution in [-0.2, 0) is 4.79 Å². The molecule has 1 aromatic rings. The van der Waals surface area contributed by atoms with E-state index in [4.69, 9.17) is 4.74 Å². The summed E-state index contributed by atoms with van der Waals surface area (Å²) in [6, 6.07) is 5.88. The smallest absolute Gasteiger partial charge is 0.224 e. The number of nitrogens with one attached hydrogen (secondary N) is 1. The van der Waals surface area contributed by atoms with Crippen LogP contribution in [0, 0.1) is 13.8 Å². The van der Waals surface area contributed by atoms with E-state index < -0.39 is 5.54 Å². The Bertz CT molecular complexity index is 441. The Labute approximate surface area is 125 Å². The number of rotatable bonds is 8. The van der Waals surface area contributed by atoms with Gasteiger partial charge in [-0.05, 0) is 31.4 Å². The second-order valence-electron chi connectivity index (χ2n) is 5.32. The van der Waals surface area contributed by atoms with E-state index in [0.717, 1.165) is 16.9 Å². The standard InChI is InChI=1S/C16H25NO4/c1-4-16(10-18,11-19)17-14(20)8-9-21-15-12(2)6-5-7-13(15)3/h5-7,18-19H,4,8-11H2,1-3H3,(H,17,20). The Hall–Kier alpha value is -1.59. The van der Waals surface area contributed by atoms with Crippen molar-refractivity contribution in [3.8, 4) is 5.75 Å². The molecular formula is C16H25NO4. The second kappa shape index (κ2) is 8.00. The highest BCUT2D eigenvalue weighted by Crippen LogP contribution is 2.22. The van der Waals surface area contributed by atoms with Gasteiger partial charge in [-0.25, -0.2) is 0 Å². The number of aliphatic hydroxyl groups is 2. The summed E-state index contributed by atoms with van der Waals surface area (Å²) in [5, 5.41) is 21.3. The fourth-order valence-electron chi connectivity index (χ4n) is 2.07. The molecule has 0 aromatic heterocycles. The minimum Gasteiger partial charge on any atom is -0.493 e. The molecule has 1 aromatic carbocycles. The Morgan fingerprint density at radius 1 is 1.24 bits per heavy atom. The maximum absolute atomic E-state index is 11.9. The van der Waals surface area contributed by atoms with Crippen molar-refractivity contribution in [2.45, 2.75) is 39.2 Å². The highest BCUT2D eigenvalue weighted by molar-refractivity contribution is 5.77. The normalized spacial score (nSPS) is 11.3. The monoisotopic (exact) mass is 295 g/mol. The van der Waals surface area contributed by atoms with Crippen LogP contribution in [0.1, 0.15) is 30.9 Å². The van der Waals surface area contributed by atoms with Crippen molar-refractivity contribution in [2.24, 2.45) is 0 Å². The Kier molecular flexibility index (Phi) is 6.65. The third kappa shape index (κ3) is 4.72. The van der Waals surface area contributed by atoms with E-state index in [2.05, 4.69) is 5.32 Å². The Morgan fingerprint density at radius 2 is 1.81 bits per heavy atom. The van der Waals surface area contributed by atoms with E-state index in [9.17, 15) is 15.0 Å². The number of ether oxygens (including phenoxy) is 1. The minimum absolute atomic E-state index is 0.176. The van der Waals surface area contributed by atoms with Crippen molar-refractivity contribution < 1.29 is 19.7 Å². The zero-order valence-corrected chi connectivity index (χ0v) is 13.0. The van der Waals surface area contributed by atoms with Gasteiger partial charge in [0.05, 0.1) is 31.8 Å². The van der Waals surface area contributed by atoms with Gasteiger partial charge < -0.3 is 20.3 Å². The average molecular weight is 295 g/mol. The number of benzene rings is 1. The minimum atomic E-state index is -0.949. The van der Waals surface area contributed by atoms with Gasteiger partial charge in [-0.2, -0.15) is 0 Å². The van der Waals surface area contributed by atoms with Gasteiger partial charge in [0.15, 0.2) is 0 Å². The van der Waals surface area contributed by atoms with Crippen molar-refractivity contribution >= 4 is 5.91 Å². The molecule has 1 rings (SSSR count). The number of carbonyl (C=O) groups is 1. The van der Waals surface area contributed by atoms with Crippen molar-refractivity contribution in [3.63, 3.8) is 0 Å². The molecule has 0 unspecified atom stereocenters. The molecule has 3 N–H and O–H groups in total. The predicted octanol–water partition coefficient (Wildman–Crippen LogP) is 1.32. The first-order valence-electron chi connectivity index (χ1n) is 7.19. The number of amides is 1. The van der Waals surface area contributed by atoms with E-state index in [0.29, 0.717) is 6.42 Å². The quantitative estimate of drug-likeness (QED) is 0.676. The lowest BCUT2D eigenvalue weighted by molar-refractivity contribution is -0.125. The van der Waals surface area contributed by atoms with Crippen LogP contribution in [0.15, 0.2) is 18.2 Å². The SMILES string of the molecule is CCC(CO)(CO)NC(=O)CCOc1c(C)cccc1C. The van der Waals surface area contributed by atoms with Gasteiger partial charge in [0, 0.05) is 0 Å². The fourth-order valence-corrected chi connectivity index (χ4v) is 2.07. The Balaban J connectivity index is 2.51. The molecule has 0 aliphatic carbocycles. The molecule has 0 spiro atoms. The molecule has 0 saturated heterocycles. The van der Waals surface area contributed by atoms with Crippen molar-refractivity contribution in [3.05, 3.63) is 29.3 Å². The summed E-state index contributed by atoms with van der Waals surface area (Å²) in [5.74, 6) is 0.558. The number of aliphatic hydroxyl groups excluding tert-OH is 2. The number of carbonyl (C=O) groups excluding carboxylic acids is 1. The van der Waals surface area contributed by atoms with Gasteiger partial charge in [0.1, 0.15) is 5.75 Å². The molecule has 0 heterocycles. The van der Waals surface area contributed by atoms with Gasteiger partial charge in [0.2, 0.25) is 5.91 Å². The molecule has 5 nitrogen and oxygen atoms in total. The average Bonchev–Trinajstić information content (AvgIpc) is 2.48. The summed E-state index contributed by atoms with van der Waals surface area (Å²) in [5.41, 5.74) is 1.11. The van der Waals surface area contributed by atoms with E-state index in [-0.39, 0.29) is 32.1 Å². The largest absolute Gasteiger partial charge is 0.493 e. The lowest BCUT2D eigenvalue weighted by Crippen LogP contribution is -2.54. The lowest BCUT2D eigenvalue weighted by Gasteiger charge is -2.29. The molecule has 21 heavy (non-hydrogen) atoms. The van der Waals surface area contributed by atoms with Gasteiger partial charge in [-0.15, -0.1) is 0 Å². The van der Waals surface area contributed by atoms with Crippen LogP contribution in [0.4, 0.5) is 0 Å². The van der Waals surface area contributed by atoms with Crippen molar-refractivity contribution in [1.82, 2.24) is 5.32 Å². The van der Waals surface area contributed by atoms with Crippen LogP contribution < -0.4 is 10.1 Å². The molecule has 0 fully saturated rings. The summed E-state index contributed by atoms with van der Waals surface area (Å²) in [6.45, 7) is 5.41. The molecule has 0 saturated carbocycles. The lowest BCUT2D eigenvalue weighted by atomic mass is 9.98. The van der Waals surface area contributed by atoms with Crippen molar-refractivity contribution in [2.75, 3.05) is 19.8 Å². The molecule has 118 valence electrons. The number of hydrogen-bond acceptors (Lipinski definition) is 4. The van der Waals surface area contributed by atoms with Crippen LogP contribution >= 0.6 is 0 Å². The molecule has 0 radical (unpaired) electrons. The number of aryl methyl sites for hydroxylation is 2. The first-order chi connectivity index (χ1) is 9.98. The summed E-state index contributed by atoms with van der Waals surface area (Å²) in [4.78, 5) is 11.9. The molecule has 1 amide bonds. The topological polar surface area (TPSA) is 78.8 Å². The van der Waals surface area contributed by atoms with E-state index in [1.165, 1.54) is 0 Å². The highest BCUT2D eigenvalue weighted by Gasteiger charge is 2.28. The molecule has 0 aliphatic heterocycles. The molecule has 0 bridgehead atoms. The number of para-hydroxylation sites is 1. The van der Waals surface area contributed by atoms with Gasteiger partial charge in [-0.3, -0.25) is 4.79 Å². The first kappa shape index (κ1) is 17.5. The summed E-state index contributed by atoms with van der Waals surface area (Å²) in [6.07, 6.45) is 0.638. The fraction of sp³-hybridized carbons (Fsp3) is 0.562. The maximum atomic E-state index is 11.9. The van der Waals surface area contributed by atoms with Crippen molar-refractivity contribution in [1.29, 1.82) is 0 Å². The zero-order chi connectivity index (χ0) is 15.9. The van der Waals surface area contributed by atoms with Gasteiger partial charge in [0.25, 0.3) is 0 Å². The molecular weight excluding hydrogens is 270 g/mol. The summed E-state index contributed by atoms with van der Waals surface area (Å²) in [7, 11) is 0. The number of hydrogen-bond donors (Lipinski definition) is 3.